The lowest BCUT2D eigenvalue weighted by atomic mass is 10.0. The van der Waals surface area contributed by atoms with Gasteiger partial charge in [-0.05, 0) is 44.9 Å². The van der Waals surface area contributed by atoms with Gasteiger partial charge in [-0.2, -0.15) is 5.10 Å². The van der Waals surface area contributed by atoms with E-state index in [2.05, 4.69) is 21.4 Å². The van der Waals surface area contributed by atoms with Crippen molar-refractivity contribution in [1.82, 2.24) is 15.1 Å². The van der Waals surface area contributed by atoms with Crippen LogP contribution in [0.25, 0.3) is 0 Å². The number of carbonyl (C=O) groups excluding carboxylic acids is 1. The van der Waals surface area contributed by atoms with Gasteiger partial charge in [0.25, 0.3) is 5.91 Å². The third-order valence-corrected chi connectivity index (χ3v) is 4.61. The minimum Gasteiger partial charge on any atom is -0.497 e. The highest BCUT2D eigenvalue weighted by Crippen LogP contribution is 2.24. The zero-order valence-electron chi connectivity index (χ0n) is 15.2. The summed E-state index contributed by atoms with van der Waals surface area (Å²) in [6.45, 7) is 6.39. The van der Waals surface area contributed by atoms with Gasteiger partial charge in [0, 0.05) is 37.4 Å². The molecule has 3 rings (SSSR count). The Kier molecular flexibility index (Phi) is 5.26. The molecule has 1 aliphatic heterocycles. The van der Waals surface area contributed by atoms with Gasteiger partial charge in [0.05, 0.1) is 12.8 Å². The highest BCUT2D eigenvalue weighted by molar-refractivity contribution is 5.93. The maximum atomic E-state index is 12.6. The van der Waals surface area contributed by atoms with Gasteiger partial charge in [0.1, 0.15) is 11.4 Å². The number of nitrogens with zero attached hydrogens (tertiary/aromatic N) is 3. The Labute approximate surface area is 148 Å². The molecular formula is C19H26N4O2. The first kappa shape index (κ1) is 17.3. The Bertz CT molecular complexity index is 741. The zero-order chi connectivity index (χ0) is 17.8. The maximum Gasteiger partial charge on any atom is 0.269 e. The summed E-state index contributed by atoms with van der Waals surface area (Å²) in [7, 11) is 1.68. The predicted molar refractivity (Wildman–Crippen MR) is 98.3 cm³/mol. The zero-order valence-corrected chi connectivity index (χ0v) is 15.2. The van der Waals surface area contributed by atoms with Gasteiger partial charge in [-0.25, -0.2) is 0 Å². The molecule has 6 nitrogen and oxygen atoms in total. The number of methoxy groups -OCH3 is 1. The quantitative estimate of drug-likeness (QED) is 0.907. The van der Waals surface area contributed by atoms with E-state index < -0.39 is 0 Å². The van der Waals surface area contributed by atoms with E-state index in [9.17, 15) is 4.79 Å². The van der Waals surface area contributed by atoms with E-state index in [-0.39, 0.29) is 11.9 Å². The molecule has 0 aliphatic carbocycles. The number of hydrogen-bond acceptors (Lipinski definition) is 4. The number of aromatic nitrogens is 2. The highest BCUT2D eigenvalue weighted by atomic mass is 16.5. The molecular weight excluding hydrogens is 316 g/mol. The summed E-state index contributed by atoms with van der Waals surface area (Å²) in [6.07, 6.45) is 2.04. The van der Waals surface area contributed by atoms with E-state index in [1.165, 1.54) is 0 Å². The largest absolute Gasteiger partial charge is 0.497 e. The van der Waals surface area contributed by atoms with E-state index >= 15 is 0 Å². The molecule has 1 N–H and O–H groups in total. The minimum atomic E-state index is -0.0417. The molecule has 0 saturated carbocycles. The van der Waals surface area contributed by atoms with Crippen molar-refractivity contribution in [2.45, 2.75) is 39.3 Å². The smallest absolute Gasteiger partial charge is 0.269 e. The lowest BCUT2D eigenvalue weighted by Gasteiger charge is -2.35. The SMILES string of the molecule is CCn1nc(C)cc1C(=O)N[C@@H]1CCCN(c2cccc(OC)c2)C1. The molecule has 1 aromatic carbocycles. The monoisotopic (exact) mass is 342 g/mol. The number of benzene rings is 1. The molecule has 2 heterocycles. The standard InChI is InChI=1S/C19H26N4O2/c1-4-23-18(11-14(2)21-23)19(24)20-15-7-6-10-22(13-15)16-8-5-9-17(12-16)25-3/h5,8-9,11-12,15H,4,6-7,10,13H2,1-3H3,(H,20,24)/t15-/m1/s1. The number of amides is 1. The number of hydrogen-bond donors (Lipinski definition) is 1. The van der Waals surface area contributed by atoms with Crippen molar-refractivity contribution in [3.05, 3.63) is 41.7 Å². The first-order chi connectivity index (χ1) is 12.1. The van der Waals surface area contributed by atoms with Gasteiger partial charge in [-0.1, -0.05) is 6.07 Å². The molecule has 0 bridgehead atoms. The second-order valence-corrected chi connectivity index (χ2v) is 6.45. The van der Waals surface area contributed by atoms with Crippen molar-refractivity contribution in [3.63, 3.8) is 0 Å². The van der Waals surface area contributed by atoms with Crippen LogP contribution in [-0.4, -0.2) is 41.9 Å². The molecule has 1 saturated heterocycles. The number of nitrogens with one attached hydrogen (secondary N) is 1. The van der Waals surface area contributed by atoms with Gasteiger partial charge in [-0.3, -0.25) is 9.48 Å². The van der Waals surface area contributed by atoms with Crippen LogP contribution in [0.3, 0.4) is 0 Å². The fraction of sp³-hybridized carbons (Fsp3) is 0.474. The molecule has 0 radical (unpaired) electrons. The summed E-state index contributed by atoms with van der Waals surface area (Å²) in [5.41, 5.74) is 2.64. The van der Waals surface area contributed by atoms with Crippen LogP contribution in [0.4, 0.5) is 5.69 Å². The van der Waals surface area contributed by atoms with Crippen molar-refractivity contribution in [2.75, 3.05) is 25.1 Å². The first-order valence-corrected chi connectivity index (χ1v) is 8.85. The van der Waals surface area contributed by atoms with Crippen LogP contribution in [0.15, 0.2) is 30.3 Å². The van der Waals surface area contributed by atoms with E-state index in [1.807, 2.05) is 38.1 Å². The number of aryl methyl sites for hydroxylation is 2. The topological polar surface area (TPSA) is 59.4 Å². The van der Waals surface area contributed by atoms with Crippen LogP contribution < -0.4 is 15.0 Å². The van der Waals surface area contributed by atoms with E-state index in [0.717, 1.165) is 43.1 Å². The van der Waals surface area contributed by atoms with Gasteiger partial charge in [0.15, 0.2) is 0 Å². The van der Waals surface area contributed by atoms with Gasteiger partial charge in [-0.15, -0.1) is 0 Å². The van der Waals surface area contributed by atoms with Crippen molar-refractivity contribution >= 4 is 11.6 Å². The number of carbonyl (C=O) groups is 1. The second-order valence-electron chi connectivity index (χ2n) is 6.45. The highest BCUT2D eigenvalue weighted by Gasteiger charge is 2.23. The summed E-state index contributed by atoms with van der Waals surface area (Å²) in [6, 6.07) is 10.1. The Balaban J connectivity index is 1.68. The Morgan fingerprint density at radius 1 is 1.40 bits per heavy atom. The first-order valence-electron chi connectivity index (χ1n) is 8.85. The summed E-state index contributed by atoms with van der Waals surface area (Å²) in [5.74, 6) is 0.811. The van der Waals surface area contributed by atoms with Crippen LogP contribution in [0.5, 0.6) is 5.75 Å². The number of anilines is 1. The fourth-order valence-corrected chi connectivity index (χ4v) is 3.37. The Morgan fingerprint density at radius 3 is 3.00 bits per heavy atom. The molecule has 1 amide bonds. The van der Waals surface area contributed by atoms with E-state index in [0.29, 0.717) is 12.2 Å². The fourth-order valence-electron chi connectivity index (χ4n) is 3.37. The van der Waals surface area contributed by atoms with Crippen LogP contribution >= 0.6 is 0 Å². The number of piperidine rings is 1. The second kappa shape index (κ2) is 7.59. The molecule has 1 fully saturated rings. The van der Waals surface area contributed by atoms with Gasteiger partial charge < -0.3 is 15.0 Å². The van der Waals surface area contributed by atoms with Crippen molar-refractivity contribution in [3.8, 4) is 5.75 Å². The van der Waals surface area contributed by atoms with Crippen molar-refractivity contribution in [2.24, 2.45) is 0 Å². The number of rotatable bonds is 5. The minimum absolute atomic E-state index is 0.0417. The summed E-state index contributed by atoms with van der Waals surface area (Å²) < 4.78 is 7.07. The summed E-state index contributed by atoms with van der Waals surface area (Å²) in [4.78, 5) is 14.9. The molecule has 1 aliphatic rings. The Morgan fingerprint density at radius 2 is 2.24 bits per heavy atom. The van der Waals surface area contributed by atoms with Crippen LogP contribution in [0.1, 0.15) is 35.9 Å². The molecule has 2 aromatic rings. The van der Waals surface area contributed by atoms with E-state index in [4.69, 9.17) is 4.74 Å². The van der Waals surface area contributed by atoms with Crippen LogP contribution in [0, 0.1) is 6.92 Å². The number of ether oxygens (including phenoxy) is 1. The summed E-state index contributed by atoms with van der Waals surface area (Å²) in [5, 5.41) is 7.54. The molecule has 25 heavy (non-hydrogen) atoms. The summed E-state index contributed by atoms with van der Waals surface area (Å²) >= 11 is 0. The molecule has 134 valence electrons. The molecule has 6 heteroatoms. The predicted octanol–water partition coefficient (Wildman–Crippen LogP) is 2.62. The third-order valence-electron chi connectivity index (χ3n) is 4.61. The average molecular weight is 342 g/mol. The van der Waals surface area contributed by atoms with Crippen LogP contribution in [-0.2, 0) is 6.54 Å². The average Bonchev–Trinajstić information content (AvgIpc) is 3.03. The maximum absolute atomic E-state index is 12.6. The van der Waals surface area contributed by atoms with Crippen molar-refractivity contribution < 1.29 is 9.53 Å². The van der Waals surface area contributed by atoms with Crippen LogP contribution in [0.2, 0.25) is 0 Å². The lowest BCUT2D eigenvalue weighted by Crippen LogP contribution is -2.48. The Hall–Kier alpha value is -2.50. The van der Waals surface area contributed by atoms with Gasteiger partial charge in [0.2, 0.25) is 0 Å². The normalized spacial score (nSPS) is 17.4. The molecule has 1 atom stereocenters. The molecule has 0 spiro atoms. The molecule has 0 unspecified atom stereocenters. The molecule has 1 aromatic heterocycles. The third kappa shape index (κ3) is 3.95. The van der Waals surface area contributed by atoms with Crippen molar-refractivity contribution in [1.29, 1.82) is 0 Å². The van der Waals surface area contributed by atoms with E-state index in [1.54, 1.807) is 11.8 Å². The van der Waals surface area contributed by atoms with Gasteiger partial charge >= 0.3 is 0 Å². The lowest BCUT2D eigenvalue weighted by molar-refractivity contribution is 0.0922.